The maximum absolute atomic E-state index is 12.9. The number of likely N-dealkylation sites (N-methyl/N-ethyl adjacent to an activating group) is 1. The number of hydrogen-bond acceptors (Lipinski definition) is 4. The Balaban J connectivity index is 1.92. The van der Waals surface area contributed by atoms with Crippen LogP contribution in [0.2, 0.25) is 0 Å². The molecule has 6 heteroatoms. The molecule has 1 aliphatic heterocycles. The van der Waals surface area contributed by atoms with E-state index in [1.165, 1.54) is 5.56 Å². The second-order valence-corrected chi connectivity index (χ2v) is 7.91. The van der Waals surface area contributed by atoms with Crippen LogP contribution >= 0.6 is 0 Å². The number of carbonyl (C=O) groups excluding carboxylic acids is 2. The van der Waals surface area contributed by atoms with Crippen LogP contribution < -0.4 is 10.1 Å². The van der Waals surface area contributed by atoms with Crippen LogP contribution in [0.1, 0.15) is 31.4 Å². The van der Waals surface area contributed by atoms with Crippen LogP contribution in [-0.4, -0.2) is 67.5 Å². The quantitative estimate of drug-likeness (QED) is 0.792. The third kappa shape index (κ3) is 6.54. The van der Waals surface area contributed by atoms with Gasteiger partial charge in [-0.05, 0) is 56.5 Å². The van der Waals surface area contributed by atoms with Crippen LogP contribution in [0.4, 0.5) is 0 Å². The van der Waals surface area contributed by atoms with Gasteiger partial charge in [-0.1, -0.05) is 19.9 Å². The molecule has 1 N–H and O–H groups in total. The Kier molecular flexibility index (Phi) is 7.66. The molecule has 1 atom stereocenters. The fourth-order valence-corrected chi connectivity index (χ4v) is 3.13. The molecule has 1 heterocycles. The van der Waals surface area contributed by atoms with Crippen molar-refractivity contribution < 1.29 is 14.3 Å². The minimum atomic E-state index is -0.496. The Morgan fingerprint density at radius 3 is 2.37 bits per heavy atom. The molecule has 1 saturated heterocycles. The van der Waals surface area contributed by atoms with E-state index in [1.807, 2.05) is 36.9 Å². The lowest BCUT2D eigenvalue weighted by atomic mass is 10.0. The van der Waals surface area contributed by atoms with E-state index < -0.39 is 6.04 Å². The summed E-state index contributed by atoms with van der Waals surface area (Å²) in [6.07, 6.45) is 0.626. The highest BCUT2D eigenvalue weighted by Gasteiger charge is 2.28. The highest BCUT2D eigenvalue weighted by atomic mass is 16.5. The monoisotopic (exact) mass is 375 g/mol. The zero-order valence-electron chi connectivity index (χ0n) is 17.2. The maximum Gasteiger partial charge on any atom is 0.258 e. The van der Waals surface area contributed by atoms with Crippen LogP contribution in [0.25, 0.3) is 0 Å². The van der Waals surface area contributed by atoms with Crippen LogP contribution in [0.3, 0.4) is 0 Å². The summed E-state index contributed by atoms with van der Waals surface area (Å²) in [6, 6.07) is 5.26. The maximum atomic E-state index is 12.9. The molecule has 0 spiro atoms. The van der Waals surface area contributed by atoms with Gasteiger partial charge in [0.2, 0.25) is 5.91 Å². The first-order chi connectivity index (χ1) is 12.8. The molecule has 1 aliphatic rings. The van der Waals surface area contributed by atoms with Gasteiger partial charge in [-0.25, -0.2) is 0 Å². The molecule has 2 rings (SSSR count). The SMILES string of the molecule is Cc1ccc(OCC(=O)N[C@@H](CC(C)C)C(=O)N2CCN(C)CC2)cc1C. The lowest BCUT2D eigenvalue weighted by molar-refractivity contribution is -0.138. The summed E-state index contributed by atoms with van der Waals surface area (Å²) in [5, 5.41) is 2.88. The normalized spacial score (nSPS) is 16.3. The van der Waals surface area contributed by atoms with Gasteiger partial charge in [-0.15, -0.1) is 0 Å². The summed E-state index contributed by atoms with van der Waals surface area (Å²) < 4.78 is 5.61. The summed E-state index contributed by atoms with van der Waals surface area (Å²) in [5.74, 6) is 0.726. The standard InChI is InChI=1S/C21H33N3O3/c1-15(2)12-19(21(26)24-10-8-23(5)9-11-24)22-20(25)14-27-18-7-6-16(3)17(4)13-18/h6-7,13,15,19H,8-12,14H2,1-5H3,(H,22,25)/t19-/m0/s1. The molecule has 150 valence electrons. The van der Waals surface area contributed by atoms with E-state index in [2.05, 4.69) is 31.1 Å². The molecule has 2 amide bonds. The Labute approximate surface area is 162 Å². The number of amides is 2. The van der Waals surface area contributed by atoms with Crippen molar-refractivity contribution in [1.29, 1.82) is 0 Å². The molecule has 0 aromatic heterocycles. The smallest absolute Gasteiger partial charge is 0.258 e. The van der Waals surface area contributed by atoms with E-state index >= 15 is 0 Å². The Hall–Kier alpha value is -2.08. The molecule has 27 heavy (non-hydrogen) atoms. The molecule has 0 bridgehead atoms. The first-order valence-electron chi connectivity index (χ1n) is 9.73. The van der Waals surface area contributed by atoms with Gasteiger partial charge in [0.05, 0.1) is 0 Å². The average Bonchev–Trinajstić information content (AvgIpc) is 2.62. The Bertz CT molecular complexity index is 652. The molecule has 1 aromatic rings. The zero-order valence-corrected chi connectivity index (χ0v) is 17.2. The van der Waals surface area contributed by atoms with Gasteiger partial charge in [0.25, 0.3) is 5.91 Å². The van der Waals surface area contributed by atoms with Crippen molar-refractivity contribution in [3.8, 4) is 5.75 Å². The third-order valence-electron chi connectivity index (χ3n) is 5.00. The highest BCUT2D eigenvalue weighted by molar-refractivity contribution is 5.88. The summed E-state index contributed by atoms with van der Waals surface area (Å²) >= 11 is 0. The predicted octanol–water partition coefficient (Wildman–Crippen LogP) is 1.99. The molecule has 0 radical (unpaired) electrons. The number of benzene rings is 1. The minimum absolute atomic E-state index is 0.0105. The van der Waals surface area contributed by atoms with E-state index in [4.69, 9.17) is 4.74 Å². The summed E-state index contributed by atoms with van der Waals surface area (Å²) in [6.45, 7) is 11.2. The topological polar surface area (TPSA) is 61.9 Å². The van der Waals surface area contributed by atoms with Crippen LogP contribution in [0.15, 0.2) is 18.2 Å². The molecule has 1 aromatic carbocycles. The predicted molar refractivity (Wildman–Crippen MR) is 107 cm³/mol. The minimum Gasteiger partial charge on any atom is -0.484 e. The highest BCUT2D eigenvalue weighted by Crippen LogP contribution is 2.16. The van der Waals surface area contributed by atoms with Crippen molar-refractivity contribution in [1.82, 2.24) is 15.1 Å². The first kappa shape index (κ1) is 21.2. The summed E-state index contributed by atoms with van der Waals surface area (Å²) in [5.41, 5.74) is 2.30. The molecular weight excluding hydrogens is 342 g/mol. The molecular formula is C21H33N3O3. The van der Waals surface area contributed by atoms with Gasteiger partial charge in [-0.3, -0.25) is 9.59 Å². The number of rotatable bonds is 7. The fourth-order valence-electron chi connectivity index (χ4n) is 3.13. The molecule has 1 fully saturated rings. The number of nitrogens with zero attached hydrogens (tertiary/aromatic N) is 2. The number of carbonyl (C=O) groups is 2. The van der Waals surface area contributed by atoms with Crippen molar-refractivity contribution in [2.45, 2.75) is 40.2 Å². The van der Waals surface area contributed by atoms with Crippen molar-refractivity contribution >= 4 is 11.8 Å². The van der Waals surface area contributed by atoms with Gasteiger partial charge < -0.3 is 19.9 Å². The van der Waals surface area contributed by atoms with E-state index in [0.29, 0.717) is 31.2 Å². The summed E-state index contributed by atoms with van der Waals surface area (Å²) in [7, 11) is 2.05. The average molecular weight is 376 g/mol. The van der Waals surface area contributed by atoms with E-state index in [9.17, 15) is 9.59 Å². The zero-order chi connectivity index (χ0) is 20.0. The lowest BCUT2D eigenvalue weighted by Crippen LogP contribution is -2.55. The number of hydrogen-bond donors (Lipinski definition) is 1. The number of piperazine rings is 1. The van der Waals surface area contributed by atoms with E-state index in [1.54, 1.807) is 0 Å². The van der Waals surface area contributed by atoms with Gasteiger partial charge in [0, 0.05) is 26.2 Å². The molecule has 0 unspecified atom stereocenters. The number of aryl methyl sites for hydroxylation is 2. The second-order valence-electron chi connectivity index (χ2n) is 7.91. The van der Waals surface area contributed by atoms with Gasteiger partial charge in [0.15, 0.2) is 6.61 Å². The molecule has 0 aliphatic carbocycles. The van der Waals surface area contributed by atoms with E-state index in [0.717, 1.165) is 18.7 Å². The van der Waals surface area contributed by atoms with Gasteiger partial charge in [0.1, 0.15) is 11.8 Å². The Morgan fingerprint density at radius 1 is 1.11 bits per heavy atom. The number of ether oxygens (including phenoxy) is 1. The molecule has 6 nitrogen and oxygen atoms in total. The first-order valence-corrected chi connectivity index (χ1v) is 9.73. The van der Waals surface area contributed by atoms with Crippen molar-refractivity contribution in [3.63, 3.8) is 0 Å². The van der Waals surface area contributed by atoms with Crippen molar-refractivity contribution in [2.24, 2.45) is 5.92 Å². The van der Waals surface area contributed by atoms with Crippen molar-refractivity contribution in [3.05, 3.63) is 29.3 Å². The number of nitrogens with one attached hydrogen (secondary N) is 1. The fraction of sp³-hybridized carbons (Fsp3) is 0.619. The molecule has 0 saturated carbocycles. The largest absolute Gasteiger partial charge is 0.484 e. The second kappa shape index (κ2) is 9.74. The van der Waals surface area contributed by atoms with Gasteiger partial charge in [-0.2, -0.15) is 0 Å². The van der Waals surface area contributed by atoms with Crippen LogP contribution in [0.5, 0.6) is 5.75 Å². The van der Waals surface area contributed by atoms with E-state index in [-0.39, 0.29) is 18.4 Å². The van der Waals surface area contributed by atoms with Crippen molar-refractivity contribution in [2.75, 3.05) is 39.8 Å². The van der Waals surface area contributed by atoms with Gasteiger partial charge >= 0.3 is 0 Å². The summed E-state index contributed by atoms with van der Waals surface area (Å²) in [4.78, 5) is 29.3. The third-order valence-corrected chi connectivity index (χ3v) is 5.00. The van der Waals surface area contributed by atoms with Crippen LogP contribution in [0, 0.1) is 19.8 Å². The lowest BCUT2D eigenvalue weighted by Gasteiger charge is -2.35. The Morgan fingerprint density at radius 2 is 1.78 bits per heavy atom. The van der Waals surface area contributed by atoms with Crippen LogP contribution in [-0.2, 0) is 9.59 Å².